The third-order valence-corrected chi connectivity index (χ3v) is 4.43. The van der Waals surface area contributed by atoms with E-state index in [0.29, 0.717) is 6.04 Å². The molecule has 0 bridgehead atoms. The predicted octanol–water partition coefficient (Wildman–Crippen LogP) is 3.44. The monoisotopic (exact) mass is 242 g/mol. The Bertz CT molecular complexity index is 476. The molecule has 0 amide bonds. The summed E-state index contributed by atoms with van der Waals surface area (Å²) < 4.78 is 0. The maximum atomic E-state index is 3.71. The Labute approximate surface area is 110 Å². The molecule has 2 aliphatic rings. The number of rotatable bonds is 3. The van der Waals surface area contributed by atoms with Crippen molar-refractivity contribution in [1.29, 1.82) is 0 Å². The number of nitrogens with zero attached hydrogens (tertiary/aromatic N) is 1. The van der Waals surface area contributed by atoms with Gasteiger partial charge in [0.1, 0.15) is 0 Å². The summed E-state index contributed by atoms with van der Waals surface area (Å²) in [6.45, 7) is 2.19. The van der Waals surface area contributed by atoms with Gasteiger partial charge in [-0.3, -0.25) is 0 Å². The first kappa shape index (κ1) is 11.6. The summed E-state index contributed by atoms with van der Waals surface area (Å²) in [4.78, 5) is 2.15. The summed E-state index contributed by atoms with van der Waals surface area (Å²) in [5, 5.41) is 3.71. The fraction of sp³-hybridized carbons (Fsp3) is 0.500. The minimum atomic E-state index is 0.651. The van der Waals surface area contributed by atoms with Crippen molar-refractivity contribution < 1.29 is 0 Å². The molecular formula is C16H22N2. The molecule has 0 radical (unpaired) electrons. The van der Waals surface area contributed by atoms with Gasteiger partial charge in [-0.1, -0.05) is 12.2 Å². The molecule has 3 unspecified atom stereocenters. The summed E-state index contributed by atoms with van der Waals surface area (Å²) in [5.41, 5.74) is 3.90. The molecule has 1 aromatic carbocycles. The van der Waals surface area contributed by atoms with Gasteiger partial charge >= 0.3 is 0 Å². The van der Waals surface area contributed by atoms with E-state index in [1.807, 2.05) is 0 Å². The Hall–Kier alpha value is -1.44. The lowest BCUT2D eigenvalue weighted by Crippen LogP contribution is -2.43. The highest BCUT2D eigenvalue weighted by Gasteiger charge is 2.40. The Kier molecular flexibility index (Phi) is 2.81. The maximum Gasteiger partial charge on any atom is 0.0373 e. The van der Waals surface area contributed by atoms with Gasteiger partial charge in [0.2, 0.25) is 0 Å². The van der Waals surface area contributed by atoms with Crippen molar-refractivity contribution in [3.05, 3.63) is 35.9 Å². The number of aryl methyl sites for hydroxylation is 1. The van der Waals surface area contributed by atoms with Crippen LogP contribution in [0.15, 0.2) is 30.4 Å². The van der Waals surface area contributed by atoms with Crippen LogP contribution in [0.2, 0.25) is 0 Å². The van der Waals surface area contributed by atoms with Gasteiger partial charge in [0.05, 0.1) is 0 Å². The normalized spacial score (nSPS) is 28.7. The summed E-state index contributed by atoms with van der Waals surface area (Å²) in [5.74, 6) is 1.70. The van der Waals surface area contributed by atoms with E-state index < -0.39 is 0 Å². The van der Waals surface area contributed by atoms with E-state index in [1.165, 1.54) is 29.8 Å². The molecule has 18 heavy (non-hydrogen) atoms. The largest absolute Gasteiger partial charge is 0.381 e. The second-order valence-corrected chi connectivity index (χ2v) is 5.88. The zero-order valence-electron chi connectivity index (χ0n) is 11.5. The second kappa shape index (κ2) is 4.34. The van der Waals surface area contributed by atoms with E-state index in [9.17, 15) is 0 Å². The van der Waals surface area contributed by atoms with Gasteiger partial charge in [0, 0.05) is 37.4 Å². The van der Waals surface area contributed by atoms with E-state index in [2.05, 4.69) is 61.6 Å². The zero-order valence-corrected chi connectivity index (χ0v) is 11.5. The lowest BCUT2D eigenvalue weighted by atomic mass is 9.71. The minimum absolute atomic E-state index is 0.651. The van der Waals surface area contributed by atoms with E-state index in [1.54, 1.807) is 0 Å². The van der Waals surface area contributed by atoms with Crippen LogP contribution in [0.1, 0.15) is 18.4 Å². The fourth-order valence-corrected chi connectivity index (χ4v) is 3.17. The smallest absolute Gasteiger partial charge is 0.0373 e. The van der Waals surface area contributed by atoms with Gasteiger partial charge in [-0.05, 0) is 49.4 Å². The predicted molar refractivity (Wildman–Crippen MR) is 78.3 cm³/mol. The molecule has 96 valence electrons. The van der Waals surface area contributed by atoms with Crippen LogP contribution in [-0.4, -0.2) is 20.1 Å². The van der Waals surface area contributed by atoms with E-state index in [4.69, 9.17) is 0 Å². The van der Waals surface area contributed by atoms with Crippen LogP contribution in [0.3, 0.4) is 0 Å². The van der Waals surface area contributed by atoms with Gasteiger partial charge in [-0.25, -0.2) is 0 Å². The Balaban J connectivity index is 1.71. The van der Waals surface area contributed by atoms with E-state index >= 15 is 0 Å². The first-order chi connectivity index (χ1) is 8.65. The molecule has 0 aromatic heterocycles. The highest BCUT2D eigenvalue weighted by atomic mass is 15.1. The molecule has 2 heteroatoms. The average Bonchev–Trinajstić information content (AvgIpc) is 2.69. The van der Waals surface area contributed by atoms with Crippen LogP contribution in [0, 0.1) is 18.8 Å². The molecule has 1 saturated carbocycles. The molecule has 0 saturated heterocycles. The van der Waals surface area contributed by atoms with Crippen molar-refractivity contribution in [3.63, 3.8) is 0 Å². The Morgan fingerprint density at radius 2 is 2.11 bits per heavy atom. The second-order valence-electron chi connectivity index (χ2n) is 5.88. The molecule has 0 heterocycles. The Morgan fingerprint density at radius 3 is 2.78 bits per heavy atom. The number of allylic oxidation sites excluding steroid dienone is 1. The average molecular weight is 242 g/mol. The molecule has 1 N–H and O–H groups in total. The lowest BCUT2D eigenvalue weighted by molar-refractivity contribution is 0.218. The molecular weight excluding hydrogens is 220 g/mol. The molecule has 0 spiro atoms. The SMILES string of the molecule is Cc1cc(N(C)C)ccc1NC1CC2CC=CC21. The number of hydrogen-bond donors (Lipinski definition) is 1. The third-order valence-electron chi connectivity index (χ3n) is 4.43. The molecule has 1 aromatic rings. The maximum absolute atomic E-state index is 3.71. The van der Waals surface area contributed by atoms with Crippen molar-refractivity contribution >= 4 is 11.4 Å². The van der Waals surface area contributed by atoms with Crippen LogP contribution < -0.4 is 10.2 Å². The fourth-order valence-electron chi connectivity index (χ4n) is 3.17. The molecule has 2 aliphatic carbocycles. The van der Waals surface area contributed by atoms with Gasteiger partial charge in [-0.15, -0.1) is 0 Å². The first-order valence-electron chi connectivity index (χ1n) is 6.86. The van der Waals surface area contributed by atoms with Crippen molar-refractivity contribution in [3.8, 4) is 0 Å². The van der Waals surface area contributed by atoms with E-state index in [0.717, 1.165) is 11.8 Å². The number of fused-ring (bicyclic) bond motifs is 1. The van der Waals surface area contributed by atoms with Crippen molar-refractivity contribution in [2.45, 2.75) is 25.8 Å². The van der Waals surface area contributed by atoms with Crippen LogP contribution in [0.5, 0.6) is 0 Å². The third kappa shape index (κ3) is 1.90. The van der Waals surface area contributed by atoms with Crippen LogP contribution in [-0.2, 0) is 0 Å². The summed E-state index contributed by atoms with van der Waals surface area (Å²) in [6, 6.07) is 7.31. The van der Waals surface area contributed by atoms with E-state index in [-0.39, 0.29) is 0 Å². The van der Waals surface area contributed by atoms with Crippen molar-refractivity contribution in [2.75, 3.05) is 24.3 Å². The molecule has 3 atom stereocenters. The highest BCUT2D eigenvalue weighted by molar-refractivity contribution is 5.60. The van der Waals surface area contributed by atoms with Gasteiger partial charge in [0.25, 0.3) is 0 Å². The number of anilines is 2. The quantitative estimate of drug-likeness (QED) is 0.817. The first-order valence-corrected chi connectivity index (χ1v) is 6.86. The highest BCUT2D eigenvalue weighted by Crippen LogP contribution is 2.44. The van der Waals surface area contributed by atoms with Crippen molar-refractivity contribution in [2.24, 2.45) is 11.8 Å². The van der Waals surface area contributed by atoms with Gasteiger partial charge < -0.3 is 10.2 Å². The summed E-state index contributed by atoms with van der Waals surface area (Å²) >= 11 is 0. The molecule has 2 nitrogen and oxygen atoms in total. The molecule has 0 aliphatic heterocycles. The number of nitrogens with one attached hydrogen (secondary N) is 1. The zero-order chi connectivity index (χ0) is 12.7. The Morgan fingerprint density at radius 1 is 1.28 bits per heavy atom. The minimum Gasteiger partial charge on any atom is -0.381 e. The van der Waals surface area contributed by atoms with Gasteiger partial charge in [-0.2, -0.15) is 0 Å². The van der Waals surface area contributed by atoms with Gasteiger partial charge in [0.15, 0.2) is 0 Å². The summed E-state index contributed by atoms with van der Waals surface area (Å²) in [7, 11) is 4.17. The van der Waals surface area contributed by atoms with Crippen molar-refractivity contribution in [1.82, 2.24) is 0 Å². The lowest BCUT2D eigenvalue weighted by Gasteiger charge is -2.41. The van der Waals surface area contributed by atoms with Crippen LogP contribution >= 0.6 is 0 Å². The van der Waals surface area contributed by atoms with Crippen LogP contribution in [0.4, 0.5) is 11.4 Å². The molecule has 3 rings (SSSR count). The topological polar surface area (TPSA) is 15.3 Å². The standard InChI is InChI=1S/C16H22N2/c1-11-9-13(18(2)3)7-8-15(11)17-16-10-12-5-4-6-14(12)16/h4,6-9,12,14,16-17H,5,10H2,1-3H3. The number of benzene rings is 1. The summed E-state index contributed by atoms with van der Waals surface area (Å²) in [6.07, 6.45) is 7.36. The number of hydrogen-bond acceptors (Lipinski definition) is 2. The molecule has 1 fully saturated rings. The van der Waals surface area contributed by atoms with Crippen LogP contribution in [0.25, 0.3) is 0 Å².